The van der Waals surface area contributed by atoms with Crippen molar-refractivity contribution >= 4 is 5.91 Å². The van der Waals surface area contributed by atoms with Crippen molar-refractivity contribution in [1.82, 2.24) is 4.90 Å². The lowest BCUT2D eigenvalue weighted by Crippen LogP contribution is -2.34. The Kier molecular flexibility index (Phi) is 5.32. The van der Waals surface area contributed by atoms with Crippen molar-refractivity contribution in [3.05, 3.63) is 59.7 Å². The molecule has 0 saturated carbocycles. The van der Waals surface area contributed by atoms with Gasteiger partial charge in [-0.3, -0.25) is 4.79 Å². The Bertz CT molecular complexity index is 688. The monoisotopic (exact) mass is 335 g/mol. The Balaban J connectivity index is 2.16. The van der Waals surface area contributed by atoms with Crippen molar-refractivity contribution in [2.45, 2.75) is 39.5 Å². The van der Waals surface area contributed by atoms with Gasteiger partial charge >= 0.3 is 6.18 Å². The van der Waals surface area contributed by atoms with Crippen molar-refractivity contribution in [3.63, 3.8) is 0 Å². The van der Waals surface area contributed by atoms with Crippen LogP contribution in [0.4, 0.5) is 13.2 Å². The highest BCUT2D eigenvalue weighted by Crippen LogP contribution is 2.31. The van der Waals surface area contributed by atoms with Gasteiger partial charge in [-0.25, -0.2) is 0 Å². The van der Waals surface area contributed by atoms with Gasteiger partial charge in [0.1, 0.15) is 0 Å². The van der Waals surface area contributed by atoms with Crippen molar-refractivity contribution in [3.8, 4) is 11.1 Å². The smallest absolute Gasteiger partial charge is 0.336 e. The summed E-state index contributed by atoms with van der Waals surface area (Å²) in [5.41, 5.74) is 1.89. The number of amides is 1. The van der Waals surface area contributed by atoms with E-state index in [9.17, 15) is 18.0 Å². The predicted molar refractivity (Wildman–Crippen MR) is 88.2 cm³/mol. The minimum absolute atomic E-state index is 0.0109. The first kappa shape index (κ1) is 18.0. The molecule has 2 aromatic carbocycles. The first-order valence-corrected chi connectivity index (χ1v) is 7.72. The number of alkyl halides is 3. The molecule has 0 heterocycles. The van der Waals surface area contributed by atoms with Crippen LogP contribution in [0.5, 0.6) is 0 Å². The molecular weight excluding hydrogens is 315 g/mol. The minimum atomic E-state index is -4.32. The highest BCUT2D eigenvalue weighted by molar-refractivity contribution is 5.73. The molecule has 1 amide bonds. The van der Waals surface area contributed by atoms with E-state index in [0.717, 1.165) is 28.8 Å². The lowest BCUT2D eigenvalue weighted by Gasteiger charge is -2.25. The molecule has 0 spiro atoms. The first-order valence-electron chi connectivity index (χ1n) is 7.72. The van der Waals surface area contributed by atoms with Crippen LogP contribution < -0.4 is 0 Å². The van der Waals surface area contributed by atoms with Crippen LogP contribution in [0.2, 0.25) is 0 Å². The summed E-state index contributed by atoms with van der Waals surface area (Å²) >= 11 is 0. The summed E-state index contributed by atoms with van der Waals surface area (Å²) in [4.78, 5) is 13.4. The fourth-order valence-corrected chi connectivity index (χ4v) is 2.51. The van der Waals surface area contributed by atoms with Gasteiger partial charge in [-0.15, -0.1) is 0 Å². The molecule has 0 N–H and O–H groups in total. The molecule has 0 aliphatic heterocycles. The zero-order valence-corrected chi connectivity index (χ0v) is 13.9. The average Bonchev–Trinajstić information content (AvgIpc) is 2.52. The molecule has 2 nitrogen and oxygen atoms in total. The topological polar surface area (TPSA) is 20.3 Å². The van der Waals surface area contributed by atoms with Crippen LogP contribution in [0, 0.1) is 0 Å². The zero-order chi connectivity index (χ0) is 17.9. The minimum Gasteiger partial charge on any atom is -0.336 e. The number of halogens is 3. The summed E-state index contributed by atoms with van der Waals surface area (Å²) in [6.45, 7) is 5.97. The highest BCUT2D eigenvalue weighted by atomic mass is 19.4. The Labute approximate surface area is 139 Å². The van der Waals surface area contributed by atoms with Gasteiger partial charge in [-0.05, 0) is 42.7 Å². The van der Waals surface area contributed by atoms with E-state index >= 15 is 0 Å². The Morgan fingerprint density at radius 1 is 0.958 bits per heavy atom. The standard InChI is InChI=1S/C19H20F3NO/c1-13(2)23(14(3)24)12-15-4-6-16(7-5-15)17-8-10-18(11-9-17)19(20,21)22/h4-11,13H,12H2,1-3H3. The van der Waals surface area contributed by atoms with Gasteiger partial charge in [0.2, 0.25) is 5.91 Å². The summed E-state index contributed by atoms with van der Waals surface area (Å²) in [7, 11) is 0. The maximum absolute atomic E-state index is 12.6. The van der Waals surface area contributed by atoms with E-state index in [4.69, 9.17) is 0 Å². The molecule has 0 aliphatic carbocycles. The third-order valence-corrected chi connectivity index (χ3v) is 3.88. The number of carbonyl (C=O) groups is 1. The van der Waals surface area contributed by atoms with E-state index in [1.54, 1.807) is 4.90 Å². The molecule has 2 rings (SSSR count). The van der Waals surface area contributed by atoms with Gasteiger partial charge in [0, 0.05) is 19.5 Å². The van der Waals surface area contributed by atoms with Crippen molar-refractivity contribution in [2.24, 2.45) is 0 Å². The Morgan fingerprint density at radius 3 is 1.79 bits per heavy atom. The van der Waals surface area contributed by atoms with Gasteiger partial charge in [-0.1, -0.05) is 36.4 Å². The van der Waals surface area contributed by atoms with E-state index in [0.29, 0.717) is 6.54 Å². The summed E-state index contributed by atoms with van der Waals surface area (Å²) < 4.78 is 37.8. The molecular formula is C19H20F3NO. The van der Waals surface area contributed by atoms with E-state index < -0.39 is 11.7 Å². The number of benzene rings is 2. The average molecular weight is 335 g/mol. The van der Waals surface area contributed by atoms with Crippen LogP contribution in [0.25, 0.3) is 11.1 Å². The molecule has 0 radical (unpaired) electrons. The van der Waals surface area contributed by atoms with Crippen molar-refractivity contribution in [2.75, 3.05) is 0 Å². The van der Waals surface area contributed by atoms with Crippen LogP contribution in [0.15, 0.2) is 48.5 Å². The highest BCUT2D eigenvalue weighted by Gasteiger charge is 2.29. The molecule has 0 saturated heterocycles. The number of nitrogens with zero attached hydrogens (tertiary/aromatic N) is 1. The summed E-state index contributed by atoms with van der Waals surface area (Å²) in [6, 6.07) is 12.7. The fourth-order valence-electron chi connectivity index (χ4n) is 2.51. The second kappa shape index (κ2) is 7.07. The van der Waals surface area contributed by atoms with Gasteiger partial charge < -0.3 is 4.90 Å². The number of rotatable bonds is 4. The van der Waals surface area contributed by atoms with E-state index in [1.165, 1.54) is 19.1 Å². The third-order valence-electron chi connectivity index (χ3n) is 3.88. The largest absolute Gasteiger partial charge is 0.416 e. The van der Waals surface area contributed by atoms with Crippen LogP contribution in [-0.4, -0.2) is 16.8 Å². The Hall–Kier alpha value is -2.30. The normalized spacial score (nSPS) is 11.6. The molecule has 2 aromatic rings. The molecule has 5 heteroatoms. The van der Waals surface area contributed by atoms with E-state index in [2.05, 4.69) is 0 Å². The van der Waals surface area contributed by atoms with Crippen molar-refractivity contribution < 1.29 is 18.0 Å². The molecule has 0 bridgehead atoms. The summed E-state index contributed by atoms with van der Waals surface area (Å²) in [6.07, 6.45) is -4.32. The maximum atomic E-state index is 12.6. The van der Waals surface area contributed by atoms with Gasteiger partial charge in [0.15, 0.2) is 0 Å². The van der Waals surface area contributed by atoms with Crippen LogP contribution in [0.3, 0.4) is 0 Å². The predicted octanol–water partition coefficient (Wildman–Crippen LogP) is 5.13. The molecule has 128 valence electrons. The maximum Gasteiger partial charge on any atom is 0.416 e. The van der Waals surface area contributed by atoms with E-state index in [-0.39, 0.29) is 11.9 Å². The van der Waals surface area contributed by atoms with Crippen molar-refractivity contribution in [1.29, 1.82) is 0 Å². The second-order valence-corrected chi connectivity index (χ2v) is 6.01. The van der Waals surface area contributed by atoms with Gasteiger partial charge in [0.25, 0.3) is 0 Å². The summed E-state index contributed by atoms with van der Waals surface area (Å²) in [5.74, 6) is 0.0109. The number of hydrogen-bond donors (Lipinski definition) is 0. The zero-order valence-electron chi connectivity index (χ0n) is 13.9. The molecule has 0 aliphatic rings. The lowest BCUT2D eigenvalue weighted by atomic mass is 10.0. The number of hydrogen-bond acceptors (Lipinski definition) is 1. The van der Waals surface area contributed by atoms with Gasteiger partial charge in [0.05, 0.1) is 5.56 Å². The molecule has 0 fully saturated rings. The third kappa shape index (κ3) is 4.37. The molecule has 0 unspecified atom stereocenters. The summed E-state index contributed by atoms with van der Waals surface area (Å²) in [5, 5.41) is 0. The second-order valence-electron chi connectivity index (χ2n) is 6.01. The molecule has 24 heavy (non-hydrogen) atoms. The number of carbonyl (C=O) groups excluding carboxylic acids is 1. The SMILES string of the molecule is CC(=O)N(Cc1ccc(-c2ccc(C(F)(F)F)cc2)cc1)C(C)C. The quantitative estimate of drug-likeness (QED) is 0.758. The lowest BCUT2D eigenvalue weighted by molar-refractivity contribution is -0.137. The van der Waals surface area contributed by atoms with Crippen LogP contribution >= 0.6 is 0 Å². The Morgan fingerprint density at radius 2 is 1.42 bits per heavy atom. The van der Waals surface area contributed by atoms with Crippen LogP contribution in [-0.2, 0) is 17.5 Å². The fraction of sp³-hybridized carbons (Fsp3) is 0.316. The van der Waals surface area contributed by atoms with Crippen LogP contribution in [0.1, 0.15) is 31.9 Å². The molecule has 0 aromatic heterocycles. The molecule has 0 atom stereocenters. The first-order chi connectivity index (χ1) is 11.2. The van der Waals surface area contributed by atoms with E-state index in [1.807, 2.05) is 38.1 Å². The van der Waals surface area contributed by atoms with Gasteiger partial charge in [-0.2, -0.15) is 13.2 Å².